The maximum atomic E-state index is 12.7. The fourth-order valence-corrected chi connectivity index (χ4v) is 3.28. The molecule has 0 aliphatic heterocycles. The number of rotatable bonds is 3. The van der Waals surface area contributed by atoms with E-state index in [1.165, 1.54) is 0 Å². The van der Waals surface area contributed by atoms with Crippen LogP contribution < -0.4 is 11.5 Å². The summed E-state index contributed by atoms with van der Waals surface area (Å²) in [5.74, 6) is -2.19. The molecule has 0 saturated heterocycles. The van der Waals surface area contributed by atoms with E-state index in [2.05, 4.69) is 0 Å². The summed E-state index contributed by atoms with van der Waals surface area (Å²) < 4.78 is 5.41. The van der Waals surface area contributed by atoms with Crippen LogP contribution in [0.3, 0.4) is 0 Å². The van der Waals surface area contributed by atoms with Crippen LogP contribution in [0.4, 0.5) is 0 Å². The smallest absolute Gasteiger partial charge is 0.204 e. The lowest BCUT2D eigenvalue weighted by atomic mass is 9.64. The molecule has 126 valence electrons. The topological polar surface area (TPSA) is 116 Å². The zero-order valence-corrected chi connectivity index (χ0v) is 13.1. The molecule has 0 heterocycles. The van der Waals surface area contributed by atoms with Gasteiger partial charge in [0.25, 0.3) is 0 Å². The predicted molar refractivity (Wildman–Crippen MR) is 87.2 cm³/mol. The lowest BCUT2D eigenvalue weighted by Gasteiger charge is -2.43. The Hall–Kier alpha value is -2.44. The molecule has 24 heavy (non-hydrogen) atoms. The lowest BCUT2D eigenvalue weighted by Crippen LogP contribution is -2.62. The molecule has 2 aliphatic carbocycles. The standard InChI is InChI=1S/C18H20N2O4/c19-14-12-8-4-5-9-18(12,23)16(22)13(15(14)21)17(20)24-10-11-6-2-1-3-7-11/h1-7,12,14,23H,8-10,19-20H2/t12-,14-,18+/m0/s1. The van der Waals surface area contributed by atoms with Gasteiger partial charge in [-0.25, -0.2) is 0 Å². The van der Waals surface area contributed by atoms with Crippen molar-refractivity contribution in [1.29, 1.82) is 0 Å². The Kier molecular flexibility index (Phi) is 4.26. The Balaban J connectivity index is 1.89. The number of allylic oxidation sites excluding steroid dienone is 1. The Morgan fingerprint density at radius 1 is 1.25 bits per heavy atom. The third-order valence-corrected chi connectivity index (χ3v) is 4.69. The average Bonchev–Trinajstić information content (AvgIpc) is 2.59. The van der Waals surface area contributed by atoms with Gasteiger partial charge in [-0.1, -0.05) is 42.5 Å². The van der Waals surface area contributed by atoms with Crippen LogP contribution in [0.5, 0.6) is 0 Å². The van der Waals surface area contributed by atoms with Gasteiger partial charge in [-0.15, -0.1) is 0 Å². The Morgan fingerprint density at radius 3 is 2.67 bits per heavy atom. The summed E-state index contributed by atoms with van der Waals surface area (Å²) in [4.78, 5) is 25.2. The lowest BCUT2D eigenvalue weighted by molar-refractivity contribution is -0.149. The molecule has 0 bridgehead atoms. The average molecular weight is 328 g/mol. The Labute approximate surface area is 139 Å². The summed E-state index contributed by atoms with van der Waals surface area (Å²) in [6.45, 7) is 0.119. The first-order chi connectivity index (χ1) is 11.4. The van der Waals surface area contributed by atoms with Gasteiger partial charge in [0.1, 0.15) is 17.8 Å². The first-order valence-corrected chi connectivity index (χ1v) is 7.83. The van der Waals surface area contributed by atoms with E-state index in [0.717, 1.165) is 5.56 Å². The van der Waals surface area contributed by atoms with E-state index < -0.39 is 29.1 Å². The van der Waals surface area contributed by atoms with E-state index >= 15 is 0 Å². The van der Waals surface area contributed by atoms with E-state index in [9.17, 15) is 14.7 Å². The summed E-state index contributed by atoms with van der Waals surface area (Å²) >= 11 is 0. The molecular formula is C18H20N2O4. The molecular weight excluding hydrogens is 308 g/mol. The van der Waals surface area contributed by atoms with Crippen molar-refractivity contribution in [2.24, 2.45) is 17.4 Å². The van der Waals surface area contributed by atoms with Crippen LogP contribution >= 0.6 is 0 Å². The second-order valence-corrected chi connectivity index (χ2v) is 6.17. The molecule has 6 nitrogen and oxygen atoms in total. The van der Waals surface area contributed by atoms with Gasteiger partial charge in [0, 0.05) is 12.3 Å². The fourth-order valence-electron chi connectivity index (χ4n) is 3.28. The molecule has 0 amide bonds. The number of nitrogens with two attached hydrogens (primary N) is 2. The minimum atomic E-state index is -1.70. The number of hydrogen-bond acceptors (Lipinski definition) is 6. The predicted octanol–water partition coefficient (Wildman–Crippen LogP) is 0.550. The largest absolute Gasteiger partial charge is 0.474 e. The maximum Gasteiger partial charge on any atom is 0.204 e. The summed E-state index contributed by atoms with van der Waals surface area (Å²) in [5, 5.41) is 10.8. The molecule has 0 radical (unpaired) electrons. The number of carbonyl (C=O) groups is 2. The van der Waals surface area contributed by atoms with Crippen LogP contribution in [0.15, 0.2) is 53.9 Å². The van der Waals surface area contributed by atoms with Gasteiger partial charge in [0.15, 0.2) is 11.7 Å². The summed E-state index contributed by atoms with van der Waals surface area (Å²) in [5.41, 5.74) is 10.6. The van der Waals surface area contributed by atoms with Crippen molar-refractivity contribution in [1.82, 2.24) is 0 Å². The van der Waals surface area contributed by atoms with E-state index in [0.29, 0.717) is 6.42 Å². The minimum Gasteiger partial charge on any atom is -0.474 e. The highest BCUT2D eigenvalue weighted by atomic mass is 16.5. The molecule has 1 aromatic rings. The molecule has 0 unspecified atom stereocenters. The summed E-state index contributed by atoms with van der Waals surface area (Å²) in [6.07, 6.45) is 4.04. The van der Waals surface area contributed by atoms with Gasteiger partial charge in [-0.3, -0.25) is 9.59 Å². The van der Waals surface area contributed by atoms with Crippen LogP contribution in [0.1, 0.15) is 18.4 Å². The fraction of sp³-hybridized carbons (Fsp3) is 0.333. The van der Waals surface area contributed by atoms with Crippen LogP contribution in [0.25, 0.3) is 0 Å². The van der Waals surface area contributed by atoms with Crippen LogP contribution in [-0.2, 0) is 20.9 Å². The number of hydrogen-bond donors (Lipinski definition) is 3. The highest BCUT2D eigenvalue weighted by Gasteiger charge is 2.56. The number of benzene rings is 1. The van der Waals surface area contributed by atoms with Crippen LogP contribution in [-0.4, -0.2) is 28.3 Å². The second kappa shape index (κ2) is 6.22. The first kappa shape index (κ1) is 16.4. The van der Waals surface area contributed by atoms with Gasteiger partial charge in [0.05, 0.1) is 6.04 Å². The normalized spacial score (nSPS) is 31.6. The zero-order valence-electron chi connectivity index (χ0n) is 13.1. The van der Waals surface area contributed by atoms with Crippen molar-refractivity contribution in [2.45, 2.75) is 31.1 Å². The highest BCUT2D eigenvalue weighted by molar-refractivity contribution is 6.27. The molecule has 0 aromatic heterocycles. The molecule has 1 fully saturated rings. The number of carbonyl (C=O) groups excluding carboxylic acids is 2. The quantitative estimate of drug-likeness (QED) is 0.323. The molecule has 3 rings (SSSR count). The second-order valence-electron chi connectivity index (χ2n) is 6.17. The van der Waals surface area contributed by atoms with Crippen molar-refractivity contribution in [2.75, 3.05) is 0 Å². The third kappa shape index (κ3) is 2.64. The minimum absolute atomic E-state index is 0.118. The van der Waals surface area contributed by atoms with Crippen LogP contribution in [0.2, 0.25) is 0 Å². The monoisotopic (exact) mass is 328 g/mol. The SMILES string of the molecule is NC(OCc1ccccc1)=C1C(=O)[C@@H](N)[C@@H]2CC=CC[C@]2(O)C1=O. The summed E-state index contributed by atoms with van der Waals surface area (Å²) in [7, 11) is 0. The van der Waals surface area contributed by atoms with Crippen molar-refractivity contribution >= 4 is 11.6 Å². The van der Waals surface area contributed by atoms with Crippen molar-refractivity contribution in [3.05, 3.63) is 59.5 Å². The van der Waals surface area contributed by atoms with Gasteiger partial charge >= 0.3 is 0 Å². The van der Waals surface area contributed by atoms with E-state index in [1.54, 1.807) is 6.08 Å². The third-order valence-electron chi connectivity index (χ3n) is 4.69. The van der Waals surface area contributed by atoms with Gasteiger partial charge in [-0.2, -0.15) is 0 Å². The number of fused-ring (bicyclic) bond motifs is 1. The van der Waals surface area contributed by atoms with E-state index in [1.807, 2.05) is 36.4 Å². The summed E-state index contributed by atoms with van der Waals surface area (Å²) in [6, 6.07) is 8.25. The molecule has 6 heteroatoms. The molecule has 3 atom stereocenters. The highest BCUT2D eigenvalue weighted by Crippen LogP contribution is 2.39. The molecule has 1 saturated carbocycles. The van der Waals surface area contributed by atoms with Crippen molar-refractivity contribution in [3.63, 3.8) is 0 Å². The van der Waals surface area contributed by atoms with Crippen molar-refractivity contribution in [3.8, 4) is 0 Å². The number of aliphatic hydroxyl groups is 1. The van der Waals surface area contributed by atoms with Gasteiger partial charge in [0.2, 0.25) is 5.78 Å². The molecule has 2 aliphatic rings. The van der Waals surface area contributed by atoms with Crippen LogP contribution in [0, 0.1) is 5.92 Å². The van der Waals surface area contributed by atoms with Gasteiger partial charge < -0.3 is 21.3 Å². The van der Waals surface area contributed by atoms with Crippen molar-refractivity contribution < 1.29 is 19.4 Å². The Bertz CT molecular complexity index is 726. The van der Waals surface area contributed by atoms with E-state index in [4.69, 9.17) is 16.2 Å². The molecule has 5 N–H and O–H groups in total. The molecule has 1 aromatic carbocycles. The first-order valence-electron chi connectivity index (χ1n) is 7.83. The van der Waals surface area contributed by atoms with Gasteiger partial charge in [-0.05, 0) is 12.0 Å². The van der Waals surface area contributed by atoms with E-state index in [-0.39, 0.29) is 24.5 Å². The number of ketones is 2. The number of ether oxygens (including phenoxy) is 1. The molecule has 0 spiro atoms. The number of Topliss-reactive ketones (excluding diaryl/α,β-unsaturated/α-hetero) is 2. The zero-order chi connectivity index (χ0) is 17.3. The Morgan fingerprint density at radius 2 is 1.96 bits per heavy atom. The maximum absolute atomic E-state index is 12.7.